The first kappa shape index (κ1) is 14.6. The number of benzene rings is 1. The second-order valence-electron chi connectivity index (χ2n) is 3.69. The molecule has 0 aliphatic heterocycles. The summed E-state index contributed by atoms with van der Waals surface area (Å²) in [6.07, 6.45) is 0.614. The average molecular weight is 305 g/mol. The van der Waals surface area contributed by atoms with E-state index in [2.05, 4.69) is 21.4 Å². The second kappa shape index (κ2) is 7.06. The normalized spacial score (nSPS) is 14.6. The smallest absolute Gasteiger partial charge is 0.142 e. The number of rotatable bonds is 6. The minimum atomic E-state index is -0.350. The third-order valence-electron chi connectivity index (χ3n) is 2.65. The van der Waals surface area contributed by atoms with Crippen molar-refractivity contribution in [3.05, 3.63) is 34.1 Å². The van der Waals surface area contributed by atoms with Crippen molar-refractivity contribution in [2.45, 2.75) is 32.4 Å². The highest BCUT2D eigenvalue weighted by molar-refractivity contribution is 9.10. The van der Waals surface area contributed by atoms with Gasteiger partial charge in [0.05, 0.1) is 16.6 Å². The Labute approximate surface area is 110 Å². The van der Waals surface area contributed by atoms with Gasteiger partial charge in [0.1, 0.15) is 5.82 Å². The average Bonchev–Trinajstić information content (AvgIpc) is 2.34. The van der Waals surface area contributed by atoms with Gasteiger partial charge in [-0.1, -0.05) is 19.1 Å². The lowest BCUT2D eigenvalue weighted by Crippen LogP contribution is -2.38. The monoisotopic (exact) mass is 304 g/mol. The van der Waals surface area contributed by atoms with Crippen molar-refractivity contribution in [2.24, 2.45) is 5.84 Å². The number of hydrogen-bond acceptors (Lipinski definition) is 3. The first-order valence-corrected chi connectivity index (χ1v) is 6.46. The Morgan fingerprint density at radius 2 is 2.18 bits per heavy atom. The third-order valence-corrected chi connectivity index (χ3v) is 3.26. The largest absolute Gasteiger partial charge is 0.376 e. The van der Waals surface area contributed by atoms with Crippen LogP contribution in [0.3, 0.4) is 0 Å². The molecular weight excluding hydrogens is 287 g/mol. The van der Waals surface area contributed by atoms with E-state index in [9.17, 15) is 4.39 Å². The molecule has 5 heteroatoms. The fourth-order valence-electron chi connectivity index (χ4n) is 1.82. The number of halogens is 2. The number of nitrogens with two attached hydrogens (primary N) is 1. The molecule has 0 saturated carbocycles. The van der Waals surface area contributed by atoms with Crippen LogP contribution in [0.25, 0.3) is 0 Å². The van der Waals surface area contributed by atoms with Gasteiger partial charge in [-0.25, -0.2) is 4.39 Å². The Hall–Kier alpha value is -0.490. The van der Waals surface area contributed by atoms with Crippen LogP contribution >= 0.6 is 15.9 Å². The first-order valence-electron chi connectivity index (χ1n) is 5.67. The molecule has 1 aromatic rings. The van der Waals surface area contributed by atoms with Gasteiger partial charge in [0, 0.05) is 12.2 Å². The number of nitrogens with one attached hydrogen (secondary N) is 1. The number of ether oxygens (including phenoxy) is 1. The van der Waals surface area contributed by atoms with Crippen molar-refractivity contribution in [1.82, 2.24) is 5.43 Å². The Balaban J connectivity index is 3.03. The summed E-state index contributed by atoms with van der Waals surface area (Å²) in [7, 11) is 0. The molecule has 96 valence electrons. The van der Waals surface area contributed by atoms with Gasteiger partial charge in [-0.15, -0.1) is 0 Å². The quantitative estimate of drug-likeness (QED) is 0.627. The van der Waals surface area contributed by atoms with E-state index >= 15 is 0 Å². The summed E-state index contributed by atoms with van der Waals surface area (Å²) in [6, 6.07) is 4.81. The maximum atomic E-state index is 14.0. The predicted molar refractivity (Wildman–Crippen MR) is 69.9 cm³/mol. The molecule has 2 atom stereocenters. The minimum Gasteiger partial charge on any atom is -0.376 e. The molecule has 0 fully saturated rings. The summed E-state index contributed by atoms with van der Waals surface area (Å²) in [5, 5.41) is 0. The van der Waals surface area contributed by atoms with E-state index in [0.717, 1.165) is 6.42 Å². The van der Waals surface area contributed by atoms with Crippen LogP contribution < -0.4 is 11.3 Å². The SMILES string of the molecule is CCOC(CC)C(NN)c1cccc(Br)c1F. The zero-order chi connectivity index (χ0) is 12.8. The van der Waals surface area contributed by atoms with E-state index in [1.165, 1.54) is 0 Å². The van der Waals surface area contributed by atoms with Crippen LogP contribution in [0.4, 0.5) is 4.39 Å². The van der Waals surface area contributed by atoms with Crippen LogP contribution in [0, 0.1) is 5.82 Å². The molecule has 0 aromatic heterocycles. The van der Waals surface area contributed by atoms with Gasteiger partial charge in [-0.2, -0.15) is 0 Å². The Morgan fingerprint density at radius 1 is 1.47 bits per heavy atom. The van der Waals surface area contributed by atoms with Gasteiger partial charge in [-0.3, -0.25) is 11.3 Å². The highest BCUT2D eigenvalue weighted by Gasteiger charge is 2.24. The third kappa shape index (κ3) is 3.48. The van der Waals surface area contributed by atoms with Crippen molar-refractivity contribution >= 4 is 15.9 Å². The summed E-state index contributed by atoms with van der Waals surface area (Å²) in [5.74, 6) is 5.22. The van der Waals surface area contributed by atoms with Crippen molar-refractivity contribution < 1.29 is 9.13 Å². The maximum absolute atomic E-state index is 14.0. The standard InChI is InChI=1S/C12H18BrFN2O/c1-3-10(17-4-2)12(16-15)8-6-5-7-9(13)11(8)14/h5-7,10,12,16H,3-4,15H2,1-2H3. The fourth-order valence-corrected chi connectivity index (χ4v) is 2.20. The molecule has 0 bridgehead atoms. The lowest BCUT2D eigenvalue weighted by atomic mass is 9.99. The number of hydrazine groups is 1. The second-order valence-corrected chi connectivity index (χ2v) is 4.54. The van der Waals surface area contributed by atoms with E-state index in [1.807, 2.05) is 13.8 Å². The molecule has 0 amide bonds. The molecule has 0 spiro atoms. The topological polar surface area (TPSA) is 47.3 Å². The van der Waals surface area contributed by atoms with Crippen LogP contribution in [0.1, 0.15) is 31.9 Å². The van der Waals surface area contributed by atoms with Crippen LogP contribution in [-0.2, 0) is 4.74 Å². The Morgan fingerprint density at radius 3 is 2.71 bits per heavy atom. The molecule has 0 radical (unpaired) electrons. The summed E-state index contributed by atoms with van der Waals surface area (Å²) >= 11 is 3.17. The fraction of sp³-hybridized carbons (Fsp3) is 0.500. The van der Waals surface area contributed by atoms with E-state index in [0.29, 0.717) is 16.6 Å². The molecule has 3 nitrogen and oxygen atoms in total. The lowest BCUT2D eigenvalue weighted by Gasteiger charge is -2.26. The minimum absolute atomic E-state index is 0.145. The summed E-state index contributed by atoms with van der Waals surface area (Å²) in [6.45, 7) is 4.47. The summed E-state index contributed by atoms with van der Waals surface area (Å²) in [5.41, 5.74) is 3.15. The van der Waals surface area contributed by atoms with Crippen molar-refractivity contribution in [3.8, 4) is 0 Å². The Bertz CT molecular complexity index is 362. The first-order chi connectivity index (χ1) is 8.15. The van der Waals surface area contributed by atoms with Crippen LogP contribution in [0.5, 0.6) is 0 Å². The van der Waals surface area contributed by atoms with Gasteiger partial charge in [0.2, 0.25) is 0 Å². The summed E-state index contributed by atoms with van der Waals surface area (Å²) in [4.78, 5) is 0. The van der Waals surface area contributed by atoms with Crippen molar-refractivity contribution in [3.63, 3.8) is 0 Å². The number of hydrogen-bond donors (Lipinski definition) is 2. The summed E-state index contributed by atoms with van der Waals surface area (Å²) < 4.78 is 20.0. The van der Waals surface area contributed by atoms with E-state index in [1.54, 1.807) is 18.2 Å². The highest BCUT2D eigenvalue weighted by Crippen LogP contribution is 2.27. The van der Waals surface area contributed by atoms with E-state index < -0.39 is 0 Å². The molecule has 17 heavy (non-hydrogen) atoms. The van der Waals surface area contributed by atoms with Gasteiger partial charge in [0.15, 0.2) is 0 Å². The van der Waals surface area contributed by atoms with Gasteiger partial charge in [-0.05, 0) is 35.3 Å². The molecule has 0 aliphatic rings. The molecule has 0 aliphatic carbocycles. The van der Waals surface area contributed by atoms with E-state index in [-0.39, 0.29) is 18.0 Å². The van der Waals surface area contributed by atoms with Gasteiger partial charge in [0.25, 0.3) is 0 Å². The zero-order valence-electron chi connectivity index (χ0n) is 10.0. The molecule has 1 aromatic carbocycles. The van der Waals surface area contributed by atoms with Crippen molar-refractivity contribution in [2.75, 3.05) is 6.61 Å². The molecule has 3 N–H and O–H groups in total. The van der Waals surface area contributed by atoms with Crippen molar-refractivity contribution in [1.29, 1.82) is 0 Å². The molecule has 0 heterocycles. The van der Waals surface area contributed by atoms with Gasteiger partial charge >= 0.3 is 0 Å². The van der Waals surface area contributed by atoms with Crippen LogP contribution in [-0.4, -0.2) is 12.7 Å². The molecule has 0 saturated heterocycles. The Kier molecular flexibility index (Phi) is 6.05. The van der Waals surface area contributed by atoms with E-state index in [4.69, 9.17) is 10.6 Å². The molecular formula is C12H18BrFN2O. The van der Waals surface area contributed by atoms with Gasteiger partial charge < -0.3 is 4.74 Å². The van der Waals surface area contributed by atoms with Crippen LogP contribution in [0.2, 0.25) is 0 Å². The molecule has 1 rings (SSSR count). The maximum Gasteiger partial charge on any atom is 0.142 e. The molecule has 2 unspecified atom stereocenters. The van der Waals surface area contributed by atoms with Crippen LogP contribution in [0.15, 0.2) is 22.7 Å². The zero-order valence-corrected chi connectivity index (χ0v) is 11.6. The lowest BCUT2D eigenvalue weighted by molar-refractivity contribution is 0.0304. The predicted octanol–water partition coefficient (Wildman–Crippen LogP) is 2.91. The highest BCUT2D eigenvalue weighted by atomic mass is 79.9.